The van der Waals surface area contributed by atoms with E-state index in [1.54, 1.807) is 55.5 Å². The number of hydrogen-bond donors (Lipinski definition) is 1. The third-order valence-corrected chi connectivity index (χ3v) is 7.12. The highest BCUT2D eigenvalue weighted by molar-refractivity contribution is 7.86. The molecule has 0 amide bonds. The maximum absolute atomic E-state index is 13.1. The van der Waals surface area contributed by atoms with E-state index in [0.717, 1.165) is 5.56 Å². The van der Waals surface area contributed by atoms with Crippen LogP contribution in [0, 0.1) is 6.92 Å². The van der Waals surface area contributed by atoms with E-state index in [-0.39, 0.29) is 16.0 Å². The van der Waals surface area contributed by atoms with Crippen molar-refractivity contribution in [3.63, 3.8) is 0 Å². The zero-order valence-corrected chi connectivity index (χ0v) is 20.9. The number of aryl methyl sites for hydroxylation is 1. The minimum absolute atomic E-state index is 0.123. The quantitative estimate of drug-likeness (QED) is 0.365. The summed E-state index contributed by atoms with van der Waals surface area (Å²) in [5.74, 6) is -1.65. The van der Waals surface area contributed by atoms with Crippen molar-refractivity contribution < 1.29 is 41.5 Å². The van der Waals surface area contributed by atoms with Gasteiger partial charge in [-0.3, -0.25) is 4.18 Å². The van der Waals surface area contributed by atoms with E-state index >= 15 is 0 Å². The average Bonchev–Trinajstić information content (AvgIpc) is 2.89. The van der Waals surface area contributed by atoms with Gasteiger partial charge in [0.1, 0.15) is 6.10 Å². The van der Waals surface area contributed by atoms with Crippen LogP contribution in [0.15, 0.2) is 89.8 Å². The van der Waals surface area contributed by atoms with Crippen LogP contribution < -0.4 is 0 Å². The first-order chi connectivity index (χ1) is 17.7. The summed E-state index contributed by atoms with van der Waals surface area (Å²) in [4.78, 5) is 25.6. The van der Waals surface area contributed by atoms with Crippen LogP contribution in [0.2, 0.25) is 0 Å². The van der Waals surface area contributed by atoms with Crippen LogP contribution in [0.4, 0.5) is 0 Å². The van der Waals surface area contributed by atoms with Gasteiger partial charge in [0.15, 0.2) is 18.5 Å². The number of carbonyl (C=O) groups is 2. The number of rotatable bonds is 7. The first-order valence-electron chi connectivity index (χ1n) is 11.5. The lowest BCUT2D eigenvalue weighted by Gasteiger charge is -2.42. The zero-order valence-electron chi connectivity index (χ0n) is 20.1. The van der Waals surface area contributed by atoms with Gasteiger partial charge in [0, 0.05) is 0 Å². The molecule has 5 atom stereocenters. The monoisotopic (exact) mass is 526 g/mol. The van der Waals surface area contributed by atoms with Gasteiger partial charge in [0.25, 0.3) is 10.1 Å². The molecule has 1 fully saturated rings. The van der Waals surface area contributed by atoms with E-state index in [0.29, 0.717) is 0 Å². The largest absolute Gasteiger partial charge is 0.452 e. The molecule has 0 aromatic heterocycles. The van der Waals surface area contributed by atoms with E-state index in [2.05, 4.69) is 0 Å². The SMILES string of the molecule is Cc1ccc(S(=O)(=O)O[C@H]2[C@H](OC(=O)c3ccccc3)[C@@H](OC(=O)c3ccccc3)[C@H](O)O[C@H]2C)cc1. The van der Waals surface area contributed by atoms with Gasteiger partial charge in [-0.1, -0.05) is 54.1 Å². The summed E-state index contributed by atoms with van der Waals surface area (Å²) in [6.45, 7) is 3.26. The van der Waals surface area contributed by atoms with Gasteiger partial charge in [-0.05, 0) is 50.2 Å². The molecule has 10 heteroatoms. The Balaban J connectivity index is 1.67. The van der Waals surface area contributed by atoms with Crippen LogP contribution in [0.1, 0.15) is 33.2 Å². The van der Waals surface area contributed by atoms with E-state index in [4.69, 9.17) is 18.4 Å². The lowest BCUT2D eigenvalue weighted by molar-refractivity contribution is -0.271. The summed E-state index contributed by atoms with van der Waals surface area (Å²) in [6, 6.07) is 21.9. The first kappa shape index (κ1) is 26.5. The molecule has 194 valence electrons. The predicted octanol–water partition coefficient (Wildman–Crippen LogP) is 3.26. The molecular weight excluding hydrogens is 500 g/mol. The molecule has 1 heterocycles. The van der Waals surface area contributed by atoms with Crippen LogP contribution in [0.25, 0.3) is 0 Å². The van der Waals surface area contributed by atoms with Crippen LogP contribution in [-0.4, -0.2) is 56.2 Å². The normalized spacial score (nSPS) is 23.7. The highest BCUT2D eigenvalue weighted by Crippen LogP contribution is 2.31. The van der Waals surface area contributed by atoms with Crippen molar-refractivity contribution in [3.05, 3.63) is 102 Å². The Morgan fingerprint density at radius 2 is 1.24 bits per heavy atom. The minimum atomic E-state index is -4.36. The van der Waals surface area contributed by atoms with Gasteiger partial charge in [0.2, 0.25) is 0 Å². The van der Waals surface area contributed by atoms with Gasteiger partial charge in [-0.25, -0.2) is 9.59 Å². The highest BCUT2D eigenvalue weighted by atomic mass is 32.2. The van der Waals surface area contributed by atoms with Crippen molar-refractivity contribution in [2.24, 2.45) is 0 Å². The molecular formula is C27H26O9S. The molecule has 0 saturated carbocycles. The Labute approximate surface area is 214 Å². The smallest absolute Gasteiger partial charge is 0.338 e. The van der Waals surface area contributed by atoms with Crippen molar-refractivity contribution in [2.75, 3.05) is 0 Å². The number of aliphatic hydroxyl groups excluding tert-OH is 1. The highest BCUT2D eigenvalue weighted by Gasteiger charge is 2.51. The van der Waals surface area contributed by atoms with E-state index in [1.165, 1.54) is 43.3 Å². The second-order valence-corrected chi connectivity index (χ2v) is 10.1. The number of benzene rings is 3. The van der Waals surface area contributed by atoms with Crippen molar-refractivity contribution in [3.8, 4) is 0 Å². The predicted molar refractivity (Wildman–Crippen MR) is 131 cm³/mol. The molecule has 0 unspecified atom stereocenters. The lowest BCUT2D eigenvalue weighted by Crippen LogP contribution is -2.60. The summed E-state index contributed by atoms with van der Waals surface area (Å²) in [7, 11) is -4.36. The van der Waals surface area contributed by atoms with Crippen molar-refractivity contribution >= 4 is 22.1 Å². The molecule has 3 aromatic carbocycles. The number of carbonyl (C=O) groups excluding carboxylic acids is 2. The van der Waals surface area contributed by atoms with Crippen LogP contribution in [0.3, 0.4) is 0 Å². The molecule has 0 spiro atoms. The molecule has 3 aromatic rings. The minimum Gasteiger partial charge on any atom is -0.452 e. The number of esters is 2. The molecule has 1 saturated heterocycles. The first-order valence-corrected chi connectivity index (χ1v) is 12.9. The van der Waals surface area contributed by atoms with Gasteiger partial charge in [0.05, 0.1) is 22.1 Å². The van der Waals surface area contributed by atoms with Crippen molar-refractivity contribution in [1.82, 2.24) is 0 Å². The fourth-order valence-corrected chi connectivity index (χ4v) is 4.96. The van der Waals surface area contributed by atoms with Crippen LogP contribution in [-0.2, 0) is 28.5 Å². The average molecular weight is 527 g/mol. The van der Waals surface area contributed by atoms with E-state index in [1.807, 2.05) is 0 Å². The molecule has 0 bridgehead atoms. The third-order valence-electron chi connectivity index (χ3n) is 5.80. The Morgan fingerprint density at radius 3 is 1.76 bits per heavy atom. The summed E-state index contributed by atoms with van der Waals surface area (Å²) in [5.41, 5.74) is 1.19. The standard InChI is InChI=1S/C27H26O9S/c1-17-13-15-21(16-14-17)37(31,32)36-22-18(2)33-27(30)24(35-26(29)20-11-7-4-8-12-20)23(22)34-25(28)19-9-5-3-6-10-19/h3-16,18,22-24,27,30H,1-2H3/t18-,22+,23-,24+,27+/m0/s1. The van der Waals surface area contributed by atoms with Gasteiger partial charge >= 0.3 is 11.9 Å². The molecule has 1 aliphatic rings. The molecule has 9 nitrogen and oxygen atoms in total. The molecule has 1 N–H and O–H groups in total. The lowest BCUT2D eigenvalue weighted by atomic mass is 9.99. The fraction of sp³-hybridized carbons (Fsp3) is 0.259. The van der Waals surface area contributed by atoms with Crippen molar-refractivity contribution in [2.45, 2.75) is 49.4 Å². The summed E-state index contributed by atoms with van der Waals surface area (Å²) >= 11 is 0. The number of ether oxygens (including phenoxy) is 3. The Hall–Kier alpha value is -3.57. The van der Waals surface area contributed by atoms with Gasteiger partial charge < -0.3 is 19.3 Å². The Bertz CT molecular complexity index is 1330. The second kappa shape index (κ2) is 11.2. The molecule has 37 heavy (non-hydrogen) atoms. The van der Waals surface area contributed by atoms with E-state index < -0.39 is 52.8 Å². The molecule has 0 radical (unpaired) electrons. The fourth-order valence-electron chi connectivity index (χ4n) is 3.82. The van der Waals surface area contributed by atoms with Crippen molar-refractivity contribution in [1.29, 1.82) is 0 Å². The second-order valence-electron chi connectivity index (χ2n) is 8.53. The maximum Gasteiger partial charge on any atom is 0.338 e. The maximum atomic E-state index is 13.1. The zero-order chi connectivity index (χ0) is 26.6. The number of hydrogen-bond acceptors (Lipinski definition) is 9. The number of aliphatic hydroxyl groups is 1. The summed E-state index contributed by atoms with van der Waals surface area (Å²) < 4.78 is 48.3. The Morgan fingerprint density at radius 1 is 0.757 bits per heavy atom. The molecule has 1 aliphatic heterocycles. The van der Waals surface area contributed by atoms with Crippen LogP contribution in [0.5, 0.6) is 0 Å². The third kappa shape index (κ3) is 6.23. The summed E-state index contributed by atoms with van der Waals surface area (Å²) in [5, 5.41) is 10.7. The molecule has 4 rings (SSSR count). The molecule has 0 aliphatic carbocycles. The van der Waals surface area contributed by atoms with Gasteiger partial charge in [-0.2, -0.15) is 8.42 Å². The van der Waals surface area contributed by atoms with Crippen LogP contribution >= 0.6 is 0 Å². The Kier molecular flexibility index (Phi) is 8.03. The topological polar surface area (TPSA) is 125 Å². The van der Waals surface area contributed by atoms with Gasteiger partial charge in [-0.15, -0.1) is 0 Å². The summed E-state index contributed by atoms with van der Waals surface area (Å²) in [6.07, 6.45) is -7.35. The van der Waals surface area contributed by atoms with E-state index in [9.17, 15) is 23.1 Å².